The van der Waals surface area contributed by atoms with Gasteiger partial charge in [-0.15, -0.1) is 0 Å². The van der Waals surface area contributed by atoms with E-state index in [1.54, 1.807) is 0 Å². The molecule has 0 spiro atoms. The fourth-order valence-corrected chi connectivity index (χ4v) is 3.04. The molecule has 112 valence electrons. The molecule has 0 heterocycles. The molecule has 0 bridgehead atoms. The number of aliphatic hydroxyl groups excluding tert-OH is 1. The van der Waals surface area contributed by atoms with E-state index >= 15 is 0 Å². The summed E-state index contributed by atoms with van der Waals surface area (Å²) in [7, 11) is 0. The Balaban J connectivity index is 1.58. The maximum Gasteiger partial charge on any atom is 0.0610 e. The van der Waals surface area contributed by atoms with Crippen molar-refractivity contribution in [3.8, 4) is 0 Å². The smallest absolute Gasteiger partial charge is 0.0610 e. The highest BCUT2D eigenvalue weighted by molar-refractivity contribution is 4.92. The van der Waals surface area contributed by atoms with Gasteiger partial charge >= 0.3 is 0 Å². The van der Waals surface area contributed by atoms with Crippen molar-refractivity contribution in [3.63, 3.8) is 0 Å². The quantitative estimate of drug-likeness (QED) is 0.526. The second-order valence-electron chi connectivity index (χ2n) is 6.73. The molecule has 0 amide bonds. The number of hydrogen-bond acceptors (Lipinski definition) is 3. The first kappa shape index (κ1) is 15.3. The van der Waals surface area contributed by atoms with Gasteiger partial charge in [0.2, 0.25) is 0 Å². The van der Waals surface area contributed by atoms with Gasteiger partial charge in [-0.1, -0.05) is 25.7 Å². The van der Waals surface area contributed by atoms with Crippen molar-refractivity contribution >= 4 is 0 Å². The Morgan fingerprint density at radius 2 is 1.79 bits per heavy atom. The zero-order valence-corrected chi connectivity index (χ0v) is 12.5. The maximum absolute atomic E-state index is 9.54. The second kappa shape index (κ2) is 7.61. The number of hydrogen-bond donors (Lipinski definition) is 2. The third-order valence-electron chi connectivity index (χ3n) is 4.51. The normalized spacial score (nSPS) is 24.9. The first-order valence-corrected chi connectivity index (χ1v) is 8.22. The molecule has 2 aliphatic rings. The molecule has 1 unspecified atom stereocenters. The van der Waals surface area contributed by atoms with Crippen molar-refractivity contribution in [2.75, 3.05) is 13.2 Å². The van der Waals surface area contributed by atoms with Gasteiger partial charge in [-0.05, 0) is 45.4 Å². The molecule has 0 saturated heterocycles. The van der Waals surface area contributed by atoms with E-state index in [9.17, 15) is 5.11 Å². The van der Waals surface area contributed by atoms with Crippen LogP contribution < -0.4 is 5.32 Å². The molecule has 2 aliphatic carbocycles. The Bertz CT molecular complexity index is 247. The highest BCUT2D eigenvalue weighted by Crippen LogP contribution is 2.25. The lowest BCUT2D eigenvalue weighted by Gasteiger charge is -2.29. The summed E-state index contributed by atoms with van der Waals surface area (Å²) in [6.07, 6.45) is 13.0. The highest BCUT2D eigenvalue weighted by Gasteiger charge is 2.31. The third-order valence-corrected chi connectivity index (χ3v) is 4.51. The molecule has 0 aromatic carbocycles. The fraction of sp³-hybridized carbons (Fsp3) is 1.00. The highest BCUT2D eigenvalue weighted by atomic mass is 16.5. The van der Waals surface area contributed by atoms with Crippen LogP contribution in [0.5, 0.6) is 0 Å². The number of nitrogens with one attached hydrogen (secondary N) is 1. The first-order chi connectivity index (χ1) is 9.22. The average molecular weight is 269 g/mol. The van der Waals surface area contributed by atoms with Gasteiger partial charge in [0, 0.05) is 18.2 Å². The zero-order valence-electron chi connectivity index (χ0n) is 12.5. The topological polar surface area (TPSA) is 41.5 Å². The molecule has 0 aromatic rings. The predicted molar refractivity (Wildman–Crippen MR) is 78.3 cm³/mol. The van der Waals surface area contributed by atoms with E-state index in [0.29, 0.717) is 12.1 Å². The van der Waals surface area contributed by atoms with Crippen molar-refractivity contribution in [1.82, 2.24) is 5.32 Å². The summed E-state index contributed by atoms with van der Waals surface area (Å²) in [6, 6.07) is 0.653. The predicted octanol–water partition coefficient (Wildman–Crippen LogP) is 3.01. The second-order valence-corrected chi connectivity index (χ2v) is 6.73. The average Bonchev–Trinajstić information content (AvgIpc) is 3.22. The van der Waals surface area contributed by atoms with Gasteiger partial charge in [-0.3, -0.25) is 0 Å². The van der Waals surface area contributed by atoms with Crippen LogP contribution in [0.3, 0.4) is 0 Å². The van der Waals surface area contributed by atoms with Gasteiger partial charge in [-0.2, -0.15) is 0 Å². The van der Waals surface area contributed by atoms with Crippen LogP contribution in [0.2, 0.25) is 0 Å². The molecule has 19 heavy (non-hydrogen) atoms. The molecule has 2 rings (SSSR count). The van der Waals surface area contributed by atoms with Crippen molar-refractivity contribution in [1.29, 1.82) is 0 Å². The number of aliphatic hydroxyl groups is 1. The van der Waals surface area contributed by atoms with E-state index in [1.165, 1.54) is 51.4 Å². The van der Waals surface area contributed by atoms with Crippen LogP contribution in [0.1, 0.15) is 71.1 Å². The Kier molecular flexibility index (Phi) is 6.11. The molecule has 0 aliphatic heterocycles. The van der Waals surface area contributed by atoms with Gasteiger partial charge in [0.05, 0.1) is 12.7 Å². The van der Waals surface area contributed by atoms with E-state index < -0.39 is 0 Å². The molecule has 2 fully saturated rings. The summed E-state index contributed by atoms with van der Waals surface area (Å²) >= 11 is 0. The molecule has 3 heteroatoms. The first-order valence-electron chi connectivity index (χ1n) is 8.22. The lowest BCUT2D eigenvalue weighted by Crippen LogP contribution is -2.47. The minimum atomic E-state index is -0.103. The number of ether oxygens (including phenoxy) is 1. The maximum atomic E-state index is 9.54. The van der Waals surface area contributed by atoms with Crippen LogP contribution in [0.4, 0.5) is 0 Å². The van der Waals surface area contributed by atoms with Crippen LogP contribution in [0, 0.1) is 0 Å². The summed E-state index contributed by atoms with van der Waals surface area (Å²) in [5.41, 5.74) is -0.103. The van der Waals surface area contributed by atoms with E-state index in [0.717, 1.165) is 19.4 Å². The molecule has 3 nitrogen and oxygen atoms in total. The van der Waals surface area contributed by atoms with Crippen LogP contribution in [-0.4, -0.2) is 36.0 Å². The molecular formula is C16H31NO2. The van der Waals surface area contributed by atoms with Gasteiger partial charge < -0.3 is 15.2 Å². The van der Waals surface area contributed by atoms with Crippen molar-refractivity contribution in [2.45, 2.75) is 88.8 Å². The van der Waals surface area contributed by atoms with Crippen molar-refractivity contribution < 1.29 is 9.84 Å². The Labute approximate surface area is 118 Å². The monoisotopic (exact) mass is 269 g/mol. The van der Waals surface area contributed by atoms with Gasteiger partial charge in [0.1, 0.15) is 0 Å². The van der Waals surface area contributed by atoms with Gasteiger partial charge in [-0.25, -0.2) is 0 Å². The summed E-state index contributed by atoms with van der Waals surface area (Å²) in [5.74, 6) is 0. The standard InChI is InChI=1S/C16H31NO2/c1-16(13-18,17-14-9-10-14)11-6-12-19-15-7-4-2-3-5-8-15/h14-15,17-18H,2-13H2,1H3. The Hall–Kier alpha value is -0.120. The van der Waals surface area contributed by atoms with Gasteiger partial charge in [0.15, 0.2) is 0 Å². The minimum Gasteiger partial charge on any atom is -0.394 e. The molecule has 1 atom stereocenters. The molecular weight excluding hydrogens is 238 g/mol. The SMILES string of the molecule is CC(CO)(CCCOC1CCCCCC1)NC1CC1. The van der Waals surface area contributed by atoms with E-state index in [-0.39, 0.29) is 12.1 Å². The lowest BCUT2D eigenvalue weighted by molar-refractivity contribution is 0.0352. The molecule has 0 aromatic heterocycles. The Morgan fingerprint density at radius 1 is 1.11 bits per heavy atom. The molecule has 0 radical (unpaired) electrons. The van der Waals surface area contributed by atoms with Crippen LogP contribution in [-0.2, 0) is 4.74 Å². The Morgan fingerprint density at radius 3 is 2.37 bits per heavy atom. The van der Waals surface area contributed by atoms with E-state index in [2.05, 4.69) is 12.2 Å². The minimum absolute atomic E-state index is 0.103. The van der Waals surface area contributed by atoms with E-state index in [1.807, 2.05) is 0 Å². The van der Waals surface area contributed by atoms with E-state index in [4.69, 9.17) is 4.74 Å². The third kappa shape index (κ3) is 5.80. The molecule has 2 saturated carbocycles. The zero-order chi connectivity index (χ0) is 13.6. The van der Waals surface area contributed by atoms with Crippen LogP contribution in [0.15, 0.2) is 0 Å². The lowest BCUT2D eigenvalue weighted by atomic mass is 9.97. The largest absolute Gasteiger partial charge is 0.394 e. The summed E-state index contributed by atoms with van der Waals surface area (Å²) < 4.78 is 6.01. The summed E-state index contributed by atoms with van der Waals surface area (Å²) in [6.45, 7) is 3.22. The van der Waals surface area contributed by atoms with Crippen molar-refractivity contribution in [3.05, 3.63) is 0 Å². The summed E-state index contributed by atoms with van der Waals surface area (Å²) in [5, 5.41) is 13.1. The van der Waals surface area contributed by atoms with Crippen LogP contribution in [0.25, 0.3) is 0 Å². The van der Waals surface area contributed by atoms with Crippen LogP contribution >= 0.6 is 0 Å². The van der Waals surface area contributed by atoms with Crippen molar-refractivity contribution in [2.24, 2.45) is 0 Å². The van der Waals surface area contributed by atoms with Gasteiger partial charge in [0.25, 0.3) is 0 Å². The summed E-state index contributed by atoms with van der Waals surface area (Å²) in [4.78, 5) is 0. The number of rotatable bonds is 8. The molecule has 2 N–H and O–H groups in total. The fourth-order valence-electron chi connectivity index (χ4n) is 3.04.